The van der Waals surface area contributed by atoms with Crippen LogP contribution in [0.5, 0.6) is 0 Å². The van der Waals surface area contributed by atoms with Gasteiger partial charge in [-0.1, -0.05) is 0 Å². The van der Waals surface area contributed by atoms with Crippen LogP contribution in [0.1, 0.15) is 18.4 Å². The number of benzene rings is 1. The third-order valence-electron chi connectivity index (χ3n) is 4.81. The predicted molar refractivity (Wildman–Crippen MR) is 107 cm³/mol. The standard InChI is InChI=1S/C22H21FN4O/c1-27-14-19-18(4-2-3-13-28)20(15-9-11-24-12-10-15)21(25-22(19)26-27)16-5-7-17(23)8-6-16/h5-12,14,28H,2-4,13H2,1H3. The molecule has 4 aromatic rings. The van der Waals surface area contributed by atoms with E-state index in [9.17, 15) is 9.50 Å². The van der Waals surface area contributed by atoms with Gasteiger partial charge in [0.25, 0.3) is 0 Å². The number of hydrogen-bond acceptors (Lipinski definition) is 4. The van der Waals surface area contributed by atoms with Gasteiger partial charge in [0.05, 0.1) is 5.69 Å². The maximum absolute atomic E-state index is 13.5. The summed E-state index contributed by atoms with van der Waals surface area (Å²) in [5.74, 6) is -0.281. The van der Waals surface area contributed by atoms with Crippen molar-refractivity contribution in [3.8, 4) is 22.4 Å². The number of aliphatic hydroxyl groups is 1. The number of unbranched alkanes of at least 4 members (excludes halogenated alkanes) is 1. The lowest BCUT2D eigenvalue weighted by Crippen LogP contribution is -2.00. The number of aliphatic hydroxyl groups excluding tert-OH is 1. The SMILES string of the molecule is Cn1cc2c(CCCCO)c(-c3ccncc3)c(-c3ccc(F)cc3)nc2n1. The fourth-order valence-electron chi connectivity index (χ4n) is 3.53. The van der Waals surface area contributed by atoms with Gasteiger partial charge in [0.2, 0.25) is 0 Å². The zero-order valence-electron chi connectivity index (χ0n) is 15.6. The highest BCUT2D eigenvalue weighted by Gasteiger charge is 2.19. The summed E-state index contributed by atoms with van der Waals surface area (Å²) in [6.45, 7) is 0.163. The van der Waals surface area contributed by atoms with Gasteiger partial charge in [0.15, 0.2) is 5.65 Å². The zero-order chi connectivity index (χ0) is 19.5. The molecule has 0 aliphatic rings. The molecule has 0 atom stereocenters. The molecule has 3 heterocycles. The van der Waals surface area contributed by atoms with Crippen LogP contribution < -0.4 is 0 Å². The van der Waals surface area contributed by atoms with Crippen molar-refractivity contribution >= 4 is 11.0 Å². The van der Waals surface area contributed by atoms with Gasteiger partial charge >= 0.3 is 0 Å². The quantitative estimate of drug-likeness (QED) is 0.514. The van der Waals surface area contributed by atoms with E-state index in [0.29, 0.717) is 5.65 Å². The van der Waals surface area contributed by atoms with Crippen molar-refractivity contribution in [1.29, 1.82) is 0 Å². The highest BCUT2D eigenvalue weighted by Crippen LogP contribution is 2.38. The van der Waals surface area contributed by atoms with Gasteiger partial charge in [0, 0.05) is 48.8 Å². The van der Waals surface area contributed by atoms with Crippen LogP contribution in [-0.4, -0.2) is 31.5 Å². The second-order valence-corrected chi connectivity index (χ2v) is 6.78. The van der Waals surface area contributed by atoms with Crippen LogP contribution in [0.3, 0.4) is 0 Å². The fraction of sp³-hybridized carbons (Fsp3) is 0.227. The number of pyridine rings is 2. The first-order chi connectivity index (χ1) is 13.7. The minimum atomic E-state index is -0.281. The molecule has 0 amide bonds. The minimum Gasteiger partial charge on any atom is -0.396 e. The van der Waals surface area contributed by atoms with Crippen molar-refractivity contribution in [2.75, 3.05) is 6.61 Å². The van der Waals surface area contributed by atoms with E-state index < -0.39 is 0 Å². The van der Waals surface area contributed by atoms with Crippen LogP contribution in [0.4, 0.5) is 4.39 Å². The Morgan fingerprint density at radius 2 is 1.75 bits per heavy atom. The van der Waals surface area contributed by atoms with Crippen molar-refractivity contribution in [3.63, 3.8) is 0 Å². The Hall–Kier alpha value is -3.12. The molecule has 5 nitrogen and oxygen atoms in total. The lowest BCUT2D eigenvalue weighted by atomic mass is 9.91. The van der Waals surface area contributed by atoms with Crippen LogP contribution in [0.15, 0.2) is 55.0 Å². The van der Waals surface area contributed by atoms with E-state index in [1.165, 1.54) is 12.1 Å². The second-order valence-electron chi connectivity index (χ2n) is 6.78. The van der Waals surface area contributed by atoms with E-state index in [0.717, 1.165) is 52.6 Å². The maximum Gasteiger partial charge on any atom is 0.181 e. The number of hydrogen-bond donors (Lipinski definition) is 1. The van der Waals surface area contributed by atoms with Gasteiger partial charge in [-0.15, -0.1) is 0 Å². The Morgan fingerprint density at radius 3 is 2.46 bits per heavy atom. The molecule has 0 radical (unpaired) electrons. The summed E-state index contributed by atoms with van der Waals surface area (Å²) in [5.41, 5.74) is 5.43. The third-order valence-corrected chi connectivity index (χ3v) is 4.81. The lowest BCUT2D eigenvalue weighted by Gasteiger charge is -2.16. The van der Waals surface area contributed by atoms with Crippen molar-refractivity contribution in [2.45, 2.75) is 19.3 Å². The molecule has 0 unspecified atom stereocenters. The highest BCUT2D eigenvalue weighted by molar-refractivity contribution is 5.94. The molecule has 4 rings (SSSR count). The van der Waals surface area contributed by atoms with Gasteiger partial charge in [-0.2, -0.15) is 5.10 Å². The summed E-state index contributed by atoms with van der Waals surface area (Å²) in [6, 6.07) is 10.3. The number of halogens is 1. The number of fused-ring (bicyclic) bond motifs is 1. The molecular weight excluding hydrogens is 355 g/mol. The Labute approximate surface area is 162 Å². The summed E-state index contributed by atoms with van der Waals surface area (Å²) >= 11 is 0. The van der Waals surface area contributed by atoms with Crippen LogP contribution >= 0.6 is 0 Å². The number of nitrogens with zero attached hydrogens (tertiary/aromatic N) is 4. The monoisotopic (exact) mass is 376 g/mol. The molecule has 0 fully saturated rings. The van der Waals surface area contributed by atoms with E-state index in [1.54, 1.807) is 29.2 Å². The average Bonchev–Trinajstić information content (AvgIpc) is 3.09. The number of aryl methyl sites for hydroxylation is 2. The van der Waals surface area contributed by atoms with E-state index in [4.69, 9.17) is 4.98 Å². The summed E-state index contributed by atoms with van der Waals surface area (Å²) in [4.78, 5) is 8.97. The first-order valence-corrected chi connectivity index (χ1v) is 9.31. The summed E-state index contributed by atoms with van der Waals surface area (Å²) in [6.07, 6.45) is 7.87. The van der Waals surface area contributed by atoms with E-state index in [1.807, 2.05) is 25.4 Å². The van der Waals surface area contributed by atoms with E-state index in [-0.39, 0.29) is 12.4 Å². The zero-order valence-corrected chi connectivity index (χ0v) is 15.6. The summed E-state index contributed by atoms with van der Waals surface area (Å²) in [5, 5.41) is 14.7. The second kappa shape index (κ2) is 7.86. The molecule has 142 valence electrons. The van der Waals surface area contributed by atoms with Crippen molar-refractivity contribution < 1.29 is 9.50 Å². The summed E-state index contributed by atoms with van der Waals surface area (Å²) in [7, 11) is 1.88. The minimum absolute atomic E-state index is 0.163. The Balaban J connectivity index is 2.02. The lowest BCUT2D eigenvalue weighted by molar-refractivity contribution is 0.285. The van der Waals surface area contributed by atoms with E-state index in [2.05, 4.69) is 10.1 Å². The molecule has 0 aliphatic heterocycles. The molecule has 1 N–H and O–H groups in total. The molecule has 0 spiro atoms. The average molecular weight is 376 g/mol. The molecule has 28 heavy (non-hydrogen) atoms. The highest BCUT2D eigenvalue weighted by atomic mass is 19.1. The fourth-order valence-corrected chi connectivity index (χ4v) is 3.53. The normalized spacial score (nSPS) is 11.2. The van der Waals surface area contributed by atoms with Crippen molar-refractivity contribution in [3.05, 3.63) is 66.4 Å². The molecule has 6 heteroatoms. The van der Waals surface area contributed by atoms with Crippen LogP contribution in [0, 0.1) is 5.82 Å². The Bertz CT molecular complexity index is 1090. The third kappa shape index (κ3) is 3.51. The van der Waals surface area contributed by atoms with Gasteiger partial charge in [-0.05, 0) is 66.8 Å². The van der Waals surface area contributed by atoms with E-state index >= 15 is 0 Å². The molecule has 0 saturated carbocycles. The molecule has 0 aliphatic carbocycles. The van der Waals surface area contributed by atoms with Gasteiger partial charge < -0.3 is 5.11 Å². The van der Waals surface area contributed by atoms with Crippen LogP contribution in [0.2, 0.25) is 0 Å². The molecule has 0 bridgehead atoms. The molecule has 1 aromatic carbocycles. The Morgan fingerprint density at radius 1 is 1.00 bits per heavy atom. The first kappa shape index (κ1) is 18.3. The molecule has 0 saturated heterocycles. The molecular formula is C22H21FN4O. The van der Waals surface area contributed by atoms with Crippen molar-refractivity contribution in [2.24, 2.45) is 7.05 Å². The smallest absolute Gasteiger partial charge is 0.181 e. The van der Waals surface area contributed by atoms with Gasteiger partial charge in [-0.3, -0.25) is 9.67 Å². The Kier molecular flexibility index (Phi) is 5.12. The van der Waals surface area contributed by atoms with Gasteiger partial charge in [-0.25, -0.2) is 9.37 Å². The van der Waals surface area contributed by atoms with Gasteiger partial charge in [0.1, 0.15) is 5.82 Å². The maximum atomic E-state index is 13.5. The number of rotatable bonds is 6. The van der Waals surface area contributed by atoms with Crippen molar-refractivity contribution in [1.82, 2.24) is 19.7 Å². The van der Waals surface area contributed by atoms with Crippen LogP contribution in [0.25, 0.3) is 33.4 Å². The summed E-state index contributed by atoms with van der Waals surface area (Å²) < 4.78 is 15.3. The largest absolute Gasteiger partial charge is 0.396 e. The molecule has 3 aromatic heterocycles. The number of aromatic nitrogens is 4. The van der Waals surface area contributed by atoms with Crippen LogP contribution in [-0.2, 0) is 13.5 Å². The topological polar surface area (TPSA) is 63.8 Å². The first-order valence-electron chi connectivity index (χ1n) is 9.31. The predicted octanol–water partition coefficient (Wildman–Crippen LogP) is 4.15.